The van der Waals surface area contributed by atoms with Gasteiger partial charge in [0, 0.05) is 25.1 Å². The number of benzene rings is 1. The van der Waals surface area contributed by atoms with E-state index < -0.39 is 5.82 Å². The quantitative estimate of drug-likeness (QED) is 0.786. The highest BCUT2D eigenvalue weighted by Gasteiger charge is 2.18. The first kappa shape index (κ1) is 16.6. The second-order valence-corrected chi connectivity index (χ2v) is 4.81. The SMILES string of the molecule is CCCC(=O)N(CCN)CC(=O)c1ccc(F)cc1Cl. The van der Waals surface area contributed by atoms with Gasteiger partial charge in [-0.1, -0.05) is 18.5 Å². The van der Waals surface area contributed by atoms with Gasteiger partial charge in [-0.3, -0.25) is 9.59 Å². The van der Waals surface area contributed by atoms with Crippen LogP contribution in [-0.2, 0) is 4.79 Å². The highest BCUT2D eigenvalue weighted by atomic mass is 35.5. The summed E-state index contributed by atoms with van der Waals surface area (Å²) in [6, 6.07) is 3.57. The van der Waals surface area contributed by atoms with E-state index in [4.69, 9.17) is 17.3 Å². The van der Waals surface area contributed by atoms with E-state index in [2.05, 4.69) is 0 Å². The minimum atomic E-state index is -0.507. The van der Waals surface area contributed by atoms with Crippen molar-refractivity contribution in [3.8, 4) is 0 Å². The van der Waals surface area contributed by atoms with Gasteiger partial charge in [0.05, 0.1) is 11.6 Å². The van der Waals surface area contributed by atoms with Gasteiger partial charge in [0.15, 0.2) is 5.78 Å². The van der Waals surface area contributed by atoms with Crippen LogP contribution in [0.25, 0.3) is 0 Å². The van der Waals surface area contributed by atoms with Gasteiger partial charge in [-0.15, -0.1) is 0 Å². The van der Waals surface area contributed by atoms with Crippen LogP contribution in [-0.4, -0.2) is 36.2 Å². The van der Waals surface area contributed by atoms with Crippen LogP contribution in [0.5, 0.6) is 0 Å². The molecule has 4 nitrogen and oxygen atoms in total. The molecule has 0 fully saturated rings. The smallest absolute Gasteiger partial charge is 0.223 e. The van der Waals surface area contributed by atoms with Gasteiger partial charge in [-0.05, 0) is 24.6 Å². The summed E-state index contributed by atoms with van der Waals surface area (Å²) in [4.78, 5) is 25.4. The maximum absolute atomic E-state index is 12.9. The van der Waals surface area contributed by atoms with Gasteiger partial charge in [-0.25, -0.2) is 4.39 Å². The normalized spacial score (nSPS) is 10.4. The van der Waals surface area contributed by atoms with E-state index >= 15 is 0 Å². The molecule has 6 heteroatoms. The Labute approximate surface area is 122 Å². The van der Waals surface area contributed by atoms with E-state index in [1.165, 1.54) is 17.0 Å². The third-order valence-electron chi connectivity index (χ3n) is 2.78. The molecule has 0 aliphatic carbocycles. The first-order chi connectivity index (χ1) is 9.49. The Hall–Kier alpha value is -1.46. The van der Waals surface area contributed by atoms with E-state index in [9.17, 15) is 14.0 Å². The Morgan fingerprint density at radius 3 is 2.65 bits per heavy atom. The maximum atomic E-state index is 12.9. The Kier molecular flexibility index (Phi) is 6.61. The van der Waals surface area contributed by atoms with E-state index in [1.807, 2.05) is 6.92 Å². The molecule has 0 heterocycles. The number of hydrogen-bond acceptors (Lipinski definition) is 3. The molecule has 0 aliphatic rings. The van der Waals surface area contributed by atoms with Gasteiger partial charge < -0.3 is 10.6 Å². The van der Waals surface area contributed by atoms with Crippen molar-refractivity contribution >= 4 is 23.3 Å². The molecule has 0 bridgehead atoms. The lowest BCUT2D eigenvalue weighted by Gasteiger charge is -2.21. The van der Waals surface area contributed by atoms with Gasteiger partial charge in [0.25, 0.3) is 0 Å². The highest BCUT2D eigenvalue weighted by molar-refractivity contribution is 6.34. The molecule has 0 aromatic heterocycles. The number of nitrogens with two attached hydrogens (primary N) is 1. The monoisotopic (exact) mass is 300 g/mol. The van der Waals surface area contributed by atoms with E-state index in [0.29, 0.717) is 19.4 Å². The van der Waals surface area contributed by atoms with Crippen LogP contribution in [0.2, 0.25) is 5.02 Å². The number of nitrogens with zero attached hydrogens (tertiary/aromatic N) is 1. The van der Waals surface area contributed by atoms with Crippen LogP contribution in [0, 0.1) is 5.82 Å². The van der Waals surface area contributed by atoms with Gasteiger partial charge >= 0.3 is 0 Å². The molecular formula is C14H18ClFN2O2. The zero-order valence-corrected chi connectivity index (χ0v) is 12.1. The number of hydrogen-bond donors (Lipinski definition) is 1. The number of Topliss-reactive ketones (excluding diaryl/α,β-unsaturated/α-hetero) is 1. The first-order valence-corrected chi connectivity index (χ1v) is 6.83. The summed E-state index contributed by atoms with van der Waals surface area (Å²) in [6.07, 6.45) is 1.07. The average molecular weight is 301 g/mol. The van der Waals surface area contributed by atoms with E-state index in [-0.39, 0.29) is 35.4 Å². The molecule has 20 heavy (non-hydrogen) atoms. The zero-order valence-electron chi connectivity index (χ0n) is 11.4. The molecule has 1 rings (SSSR count). The van der Waals surface area contributed by atoms with Crippen LogP contribution >= 0.6 is 11.6 Å². The summed E-state index contributed by atoms with van der Waals surface area (Å²) >= 11 is 5.84. The molecule has 0 spiro atoms. The van der Waals surface area contributed by atoms with Crippen molar-refractivity contribution in [3.63, 3.8) is 0 Å². The average Bonchev–Trinajstić information content (AvgIpc) is 2.38. The van der Waals surface area contributed by atoms with E-state index in [0.717, 1.165) is 6.07 Å². The Morgan fingerprint density at radius 1 is 1.40 bits per heavy atom. The van der Waals surface area contributed by atoms with Crippen molar-refractivity contribution in [2.75, 3.05) is 19.6 Å². The highest BCUT2D eigenvalue weighted by Crippen LogP contribution is 2.18. The summed E-state index contributed by atoms with van der Waals surface area (Å²) < 4.78 is 12.9. The van der Waals surface area contributed by atoms with Crippen LogP contribution in [0.4, 0.5) is 4.39 Å². The van der Waals surface area contributed by atoms with Crippen molar-refractivity contribution in [2.24, 2.45) is 5.73 Å². The topological polar surface area (TPSA) is 63.4 Å². The first-order valence-electron chi connectivity index (χ1n) is 6.45. The summed E-state index contributed by atoms with van der Waals surface area (Å²) in [5.74, 6) is -0.954. The van der Waals surface area contributed by atoms with Crippen molar-refractivity contribution in [3.05, 3.63) is 34.6 Å². The summed E-state index contributed by atoms with van der Waals surface area (Å²) in [7, 11) is 0. The molecule has 0 unspecified atom stereocenters. The van der Waals surface area contributed by atoms with Gasteiger partial charge in [0.1, 0.15) is 5.82 Å². The van der Waals surface area contributed by atoms with E-state index in [1.54, 1.807) is 0 Å². The van der Waals surface area contributed by atoms with Crippen molar-refractivity contribution in [1.29, 1.82) is 0 Å². The molecule has 110 valence electrons. The fourth-order valence-electron chi connectivity index (χ4n) is 1.79. The molecule has 2 N–H and O–H groups in total. The predicted octanol–water partition coefficient (Wildman–Crippen LogP) is 2.25. The summed E-state index contributed by atoms with van der Waals surface area (Å²) in [5.41, 5.74) is 5.65. The molecule has 1 amide bonds. The zero-order chi connectivity index (χ0) is 15.1. The second kappa shape index (κ2) is 7.97. The number of carbonyl (C=O) groups excluding carboxylic acids is 2. The summed E-state index contributed by atoms with van der Waals surface area (Å²) in [6.45, 7) is 2.38. The van der Waals surface area contributed by atoms with Crippen LogP contribution in [0.15, 0.2) is 18.2 Å². The molecule has 0 aliphatic heterocycles. The second-order valence-electron chi connectivity index (χ2n) is 4.40. The molecular weight excluding hydrogens is 283 g/mol. The lowest BCUT2D eigenvalue weighted by molar-refractivity contribution is -0.130. The number of ketones is 1. The molecule has 0 atom stereocenters. The largest absolute Gasteiger partial charge is 0.334 e. The molecule has 1 aromatic carbocycles. The Bertz CT molecular complexity index is 494. The lowest BCUT2D eigenvalue weighted by Crippen LogP contribution is -2.39. The van der Waals surface area contributed by atoms with Crippen molar-refractivity contribution in [2.45, 2.75) is 19.8 Å². The van der Waals surface area contributed by atoms with Crippen molar-refractivity contribution in [1.82, 2.24) is 4.90 Å². The fraction of sp³-hybridized carbons (Fsp3) is 0.429. The van der Waals surface area contributed by atoms with Gasteiger partial charge in [0.2, 0.25) is 5.91 Å². The summed E-state index contributed by atoms with van der Waals surface area (Å²) in [5, 5.41) is 0.0469. The van der Waals surface area contributed by atoms with Crippen LogP contribution in [0.1, 0.15) is 30.1 Å². The fourth-order valence-corrected chi connectivity index (χ4v) is 2.07. The molecule has 0 saturated carbocycles. The third kappa shape index (κ3) is 4.58. The third-order valence-corrected chi connectivity index (χ3v) is 3.09. The maximum Gasteiger partial charge on any atom is 0.223 e. The molecule has 0 radical (unpaired) electrons. The number of rotatable bonds is 7. The van der Waals surface area contributed by atoms with Crippen LogP contribution in [0.3, 0.4) is 0 Å². The van der Waals surface area contributed by atoms with Crippen molar-refractivity contribution < 1.29 is 14.0 Å². The predicted molar refractivity (Wildman–Crippen MR) is 76.3 cm³/mol. The molecule has 0 saturated heterocycles. The number of carbonyl (C=O) groups is 2. The number of halogens is 2. The van der Waals surface area contributed by atoms with Crippen LogP contribution < -0.4 is 5.73 Å². The number of amides is 1. The lowest BCUT2D eigenvalue weighted by atomic mass is 10.1. The van der Waals surface area contributed by atoms with Gasteiger partial charge in [-0.2, -0.15) is 0 Å². The molecule has 1 aromatic rings. The standard InChI is InChI=1S/C14H18ClFN2O2/c1-2-3-14(20)18(7-6-17)9-13(19)11-5-4-10(16)8-12(11)15/h4-5,8H,2-3,6-7,9,17H2,1H3. The Balaban J connectivity index is 2.82. The Morgan fingerprint density at radius 2 is 2.10 bits per heavy atom. The minimum absolute atomic E-state index is 0.0469. The minimum Gasteiger partial charge on any atom is -0.334 e.